The SMILES string of the molecule is CCOc1ccc(NC(=O)NC2(C(=O)O)CC2)cc1F. The molecule has 7 heteroatoms. The molecule has 2 rings (SSSR count). The maximum absolute atomic E-state index is 13.6. The Labute approximate surface area is 114 Å². The summed E-state index contributed by atoms with van der Waals surface area (Å²) in [6.07, 6.45) is 0.792. The first kappa shape index (κ1) is 14.1. The van der Waals surface area contributed by atoms with E-state index >= 15 is 0 Å². The Morgan fingerprint density at radius 2 is 2.15 bits per heavy atom. The molecule has 108 valence electrons. The van der Waals surface area contributed by atoms with Gasteiger partial charge in [0.05, 0.1) is 6.61 Å². The Balaban J connectivity index is 1.98. The first-order valence-electron chi connectivity index (χ1n) is 6.22. The number of hydrogen-bond donors (Lipinski definition) is 3. The average molecular weight is 282 g/mol. The quantitative estimate of drug-likeness (QED) is 0.770. The molecule has 1 aromatic carbocycles. The summed E-state index contributed by atoms with van der Waals surface area (Å²) in [5.74, 6) is -1.56. The second kappa shape index (κ2) is 5.36. The number of halogens is 1. The highest BCUT2D eigenvalue weighted by molar-refractivity contribution is 5.95. The van der Waals surface area contributed by atoms with Crippen molar-refractivity contribution in [3.8, 4) is 5.75 Å². The van der Waals surface area contributed by atoms with Crippen molar-refractivity contribution < 1.29 is 23.8 Å². The van der Waals surface area contributed by atoms with Gasteiger partial charge in [-0.15, -0.1) is 0 Å². The summed E-state index contributed by atoms with van der Waals surface area (Å²) in [6.45, 7) is 2.07. The van der Waals surface area contributed by atoms with E-state index in [1.165, 1.54) is 12.1 Å². The van der Waals surface area contributed by atoms with Gasteiger partial charge < -0.3 is 20.5 Å². The monoisotopic (exact) mass is 282 g/mol. The van der Waals surface area contributed by atoms with Crippen LogP contribution in [0.4, 0.5) is 14.9 Å². The highest BCUT2D eigenvalue weighted by Crippen LogP contribution is 2.35. The topological polar surface area (TPSA) is 87.7 Å². The predicted octanol–water partition coefficient (Wildman–Crippen LogP) is 1.96. The van der Waals surface area contributed by atoms with E-state index < -0.39 is 23.4 Å². The molecule has 1 fully saturated rings. The fourth-order valence-corrected chi connectivity index (χ4v) is 1.75. The summed E-state index contributed by atoms with van der Waals surface area (Å²) in [6, 6.07) is 3.32. The molecule has 0 saturated heterocycles. The van der Waals surface area contributed by atoms with Crippen molar-refractivity contribution in [1.29, 1.82) is 0 Å². The molecule has 1 aromatic rings. The van der Waals surface area contributed by atoms with E-state index in [1.54, 1.807) is 6.92 Å². The number of carbonyl (C=O) groups is 2. The number of urea groups is 1. The minimum Gasteiger partial charge on any atom is -0.491 e. The highest BCUT2D eigenvalue weighted by atomic mass is 19.1. The molecule has 0 atom stereocenters. The fourth-order valence-electron chi connectivity index (χ4n) is 1.75. The average Bonchev–Trinajstić information content (AvgIpc) is 3.13. The lowest BCUT2D eigenvalue weighted by Gasteiger charge is -2.13. The van der Waals surface area contributed by atoms with Crippen molar-refractivity contribution >= 4 is 17.7 Å². The third kappa shape index (κ3) is 2.98. The number of carboxylic acid groups (broad SMARTS) is 1. The van der Waals surface area contributed by atoms with E-state index in [2.05, 4.69) is 10.6 Å². The first-order chi connectivity index (χ1) is 9.47. The van der Waals surface area contributed by atoms with Crippen LogP contribution in [0.1, 0.15) is 19.8 Å². The summed E-state index contributed by atoms with van der Waals surface area (Å²) in [5.41, 5.74) is -0.946. The smallest absolute Gasteiger partial charge is 0.329 e. The van der Waals surface area contributed by atoms with Gasteiger partial charge in [0.1, 0.15) is 5.54 Å². The van der Waals surface area contributed by atoms with Gasteiger partial charge in [0, 0.05) is 11.8 Å². The van der Waals surface area contributed by atoms with Crippen LogP contribution in [0, 0.1) is 5.82 Å². The largest absolute Gasteiger partial charge is 0.491 e. The number of hydrogen-bond acceptors (Lipinski definition) is 3. The Bertz CT molecular complexity index is 543. The minimum absolute atomic E-state index is 0.0997. The van der Waals surface area contributed by atoms with Crippen molar-refractivity contribution in [2.24, 2.45) is 0 Å². The zero-order chi connectivity index (χ0) is 14.8. The fraction of sp³-hybridized carbons (Fsp3) is 0.385. The second-order valence-corrected chi connectivity index (χ2v) is 4.54. The molecule has 0 unspecified atom stereocenters. The molecular weight excluding hydrogens is 267 g/mol. The number of benzene rings is 1. The van der Waals surface area contributed by atoms with Crippen LogP contribution < -0.4 is 15.4 Å². The van der Waals surface area contributed by atoms with E-state index in [-0.39, 0.29) is 11.4 Å². The Hall–Kier alpha value is -2.31. The molecule has 0 aliphatic heterocycles. The van der Waals surface area contributed by atoms with Crippen molar-refractivity contribution in [1.82, 2.24) is 5.32 Å². The Morgan fingerprint density at radius 1 is 1.45 bits per heavy atom. The van der Waals surface area contributed by atoms with Gasteiger partial charge in [-0.1, -0.05) is 0 Å². The van der Waals surface area contributed by atoms with Gasteiger partial charge >= 0.3 is 12.0 Å². The molecular formula is C13H15FN2O4. The second-order valence-electron chi connectivity index (χ2n) is 4.54. The van der Waals surface area contributed by atoms with E-state index in [0.717, 1.165) is 6.07 Å². The molecule has 1 aliphatic carbocycles. The van der Waals surface area contributed by atoms with Gasteiger partial charge in [0.25, 0.3) is 0 Å². The minimum atomic E-state index is -1.17. The number of carboxylic acids is 1. The lowest BCUT2D eigenvalue weighted by Crippen LogP contribution is -2.45. The van der Waals surface area contributed by atoms with Crippen LogP contribution in [-0.2, 0) is 4.79 Å². The molecule has 6 nitrogen and oxygen atoms in total. The van der Waals surface area contributed by atoms with Crippen LogP contribution in [0.3, 0.4) is 0 Å². The number of amides is 2. The summed E-state index contributed by atoms with van der Waals surface area (Å²) in [5, 5.41) is 13.7. The van der Waals surface area contributed by atoms with Gasteiger partial charge in [0.2, 0.25) is 0 Å². The normalized spacial score (nSPS) is 15.3. The van der Waals surface area contributed by atoms with Crippen LogP contribution >= 0.6 is 0 Å². The number of anilines is 1. The number of carbonyl (C=O) groups excluding carboxylic acids is 1. The van der Waals surface area contributed by atoms with Crippen LogP contribution in [0.5, 0.6) is 5.75 Å². The van der Waals surface area contributed by atoms with E-state index in [4.69, 9.17) is 9.84 Å². The van der Waals surface area contributed by atoms with Crippen molar-refractivity contribution in [3.05, 3.63) is 24.0 Å². The lowest BCUT2D eigenvalue weighted by molar-refractivity contribution is -0.140. The summed E-state index contributed by atoms with van der Waals surface area (Å²) >= 11 is 0. The summed E-state index contributed by atoms with van der Waals surface area (Å²) in [7, 11) is 0. The van der Waals surface area contributed by atoms with Gasteiger partial charge in [0.15, 0.2) is 11.6 Å². The summed E-state index contributed by atoms with van der Waals surface area (Å²) in [4.78, 5) is 22.6. The maximum Gasteiger partial charge on any atom is 0.329 e. The molecule has 0 heterocycles. The molecule has 0 aromatic heterocycles. The standard InChI is InChI=1S/C13H15FN2O4/c1-2-20-10-4-3-8(7-9(10)14)15-12(19)16-13(5-6-13)11(17)18/h3-4,7H,2,5-6H2,1H3,(H,17,18)(H2,15,16,19). The Kier molecular flexibility index (Phi) is 3.78. The van der Waals surface area contributed by atoms with Crippen LogP contribution in [0.15, 0.2) is 18.2 Å². The van der Waals surface area contributed by atoms with E-state index in [9.17, 15) is 14.0 Å². The highest BCUT2D eigenvalue weighted by Gasteiger charge is 2.51. The van der Waals surface area contributed by atoms with Crippen LogP contribution in [0.2, 0.25) is 0 Å². The first-order valence-corrected chi connectivity index (χ1v) is 6.22. The number of aliphatic carboxylic acids is 1. The lowest BCUT2D eigenvalue weighted by atomic mass is 10.2. The van der Waals surface area contributed by atoms with Crippen molar-refractivity contribution in [3.63, 3.8) is 0 Å². The molecule has 2 amide bonds. The number of nitrogens with one attached hydrogen (secondary N) is 2. The third-order valence-corrected chi connectivity index (χ3v) is 3.00. The zero-order valence-corrected chi connectivity index (χ0v) is 10.9. The molecule has 0 radical (unpaired) electrons. The predicted molar refractivity (Wildman–Crippen MR) is 69.3 cm³/mol. The third-order valence-electron chi connectivity index (χ3n) is 3.00. The van der Waals surface area contributed by atoms with Crippen molar-refractivity contribution in [2.45, 2.75) is 25.3 Å². The van der Waals surface area contributed by atoms with Crippen LogP contribution in [0.25, 0.3) is 0 Å². The summed E-state index contributed by atoms with van der Waals surface area (Å²) < 4.78 is 18.6. The van der Waals surface area contributed by atoms with Gasteiger partial charge in [-0.2, -0.15) is 0 Å². The van der Waals surface area contributed by atoms with Crippen LogP contribution in [-0.4, -0.2) is 29.3 Å². The van der Waals surface area contributed by atoms with E-state index in [1.807, 2.05) is 0 Å². The molecule has 0 spiro atoms. The number of rotatable bonds is 5. The molecule has 20 heavy (non-hydrogen) atoms. The van der Waals surface area contributed by atoms with Gasteiger partial charge in [-0.25, -0.2) is 14.0 Å². The molecule has 1 aliphatic rings. The molecule has 3 N–H and O–H groups in total. The number of ether oxygens (including phenoxy) is 1. The Morgan fingerprint density at radius 3 is 2.65 bits per heavy atom. The zero-order valence-electron chi connectivity index (χ0n) is 10.9. The molecule has 1 saturated carbocycles. The van der Waals surface area contributed by atoms with E-state index in [0.29, 0.717) is 19.4 Å². The van der Waals surface area contributed by atoms with Gasteiger partial charge in [-0.3, -0.25) is 0 Å². The maximum atomic E-state index is 13.6. The van der Waals surface area contributed by atoms with Crippen molar-refractivity contribution in [2.75, 3.05) is 11.9 Å². The van der Waals surface area contributed by atoms with Gasteiger partial charge in [-0.05, 0) is 31.9 Å². The molecule has 0 bridgehead atoms.